The predicted octanol–water partition coefficient (Wildman–Crippen LogP) is 1.92. The summed E-state index contributed by atoms with van der Waals surface area (Å²) in [6.07, 6.45) is 5.30. The molecule has 2 unspecified atom stereocenters. The molecule has 2 aliphatic heterocycles. The van der Waals surface area contributed by atoms with Gasteiger partial charge in [0.15, 0.2) is 0 Å². The standard InChI is InChI=1S/C16H24N4/c1-12-13(8-16(10-17)19(12)2)11-18-14-5-7-20-6-3-4-15(20)9-14/h8,14-15,18H,3-7,9,11H2,1-2H3. The summed E-state index contributed by atoms with van der Waals surface area (Å²) in [5, 5.41) is 12.8. The average Bonchev–Trinajstić information content (AvgIpc) is 3.03. The molecular formula is C16H24N4. The van der Waals surface area contributed by atoms with E-state index in [1.165, 1.54) is 50.0 Å². The maximum Gasteiger partial charge on any atom is 0.120 e. The summed E-state index contributed by atoms with van der Waals surface area (Å²) in [6, 6.07) is 5.73. The van der Waals surface area contributed by atoms with Gasteiger partial charge in [-0.15, -0.1) is 0 Å². The molecule has 2 aliphatic rings. The highest BCUT2D eigenvalue weighted by Gasteiger charge is 2.31. The molecule has 4 nitrogen and oxygen atoms in total. The Labute approximate surface area is 121 Å². The maximum atomic E-state index is 9.08. The summed E-state index contributed by atoms with van der Waals surface area (Å²) in [7, 11) is 1.97. The minimum atomic E-state index is 0.638. The molecule has 3 heterocycles. The first kappa shape index (κ1) is 13.7. The summed E-state index contributed by atoms with van der Waals surface area (Å²) in [5.74, 6) is 0. The summed E-state index contributed by atoms with van der Waals surface area (Å²) < 4.78 is 1.98. The van der Waals surface area contributed by atoms with Crippen LogP contribution in [0.25, 0.3) is 0 Å². The van der Waals surface area contributed by atoms with Crippen molar-refractivity contribution in [2.75, 3.05) is 13.1 Å². The molecular weight excluding hydrogens is 248 g/mol. The van der Waals surface area contributed by atoms with Gasteiger partial charge in [0.2, 0.25) is 0 Å². The third-order valence-corrected chi connectivity index (χ3v) is 5.16. The number of aromatic nitrogens is 1. The highest BCUT2D eigenvalue weighted by Crippen LogP contribution is 2.27. The van der Waals surface area contributed by atoms with Gasteiger partial charge in [0.25, 0.3) is 0 Å². The molecule has 0 spiro atoms. The molecule has 0 saturated carbocycles. The summed E-state index contributed by atoms with van der Waals surface area (Å²) >= 11 is 0. The zero-order valence-electron chi connectivity index (χ0n) is 12.5. The Bertz CT molecular complexity index is 525. The van der Waals surface area contributed by atoms with Crippen molar-refractivity contribution in [3.05, 3.63) is 23.0 Å². The van der Waals surface area contributed by atoms with Gasteiger partial charge >= 0.3 is 0 Å². The van der Waals surface area contributed by atoms with E-state index in [0.29, 0.717) is 6.04 Å². The van der Waals surface area contributed by atoms with Crippen molar-refractivity contribution < 1.29 is 0 Å². The van der Waals surface area contributed by atoms with Crippen LogP contribution in [-0.4, -0.2) is 34.6 Å². The van der Waals surface area contributed by atoms with Crippen LogP contribution >= 0.6 is 0 Å². The maximum absolute atomic E-state index is 9.08. The van der Waals surface area contributed by atoms with Crippen LogP contribution in [0.15, 0.2) is 6.07 Å². The van der Waals surface area contributed by atoms with E-state index in [1.54, 1.807) is 0 Å². The fraction of sp³-hybridized carbons (Fsp3) is 0.688. The van der Waals surface area contributed by atoms with Crippen molar-refractivity contribution in [3.8, 4) is 6.07 Å². The number of hydrogen-bond donors (Lipinski definition) is 1. The quantitative estimate of drug-likeness (QED) is 0.914. The van der Waals surface area contributed by atoms with Gasteiger partial charge in [-0.3, -0.25) is 0 Å². The van der Waals surface area contributed by atoms with Gasteiger partial charge in [0, 0.05) is 31.4 Å². The Balaban J connectivity index is 1.59. The molecule has 2 fully saturated rings. The summed E-state index contributed by atoms with van der Waals surface area (Å²) in [6.45, 7) is 5.54. The van der Waals surface area contributed by atoms with Crippen molar-refractivity contribution in [1.82, 2.24) is 14.8 Å². The number of nitrogens with one attached hydrogen (secondary N) is 1. The van der Waals surface area contributed by atoms with Gasteiger partial charge in [-0.1, -0.05) is 0 Å². The van der Waals surface area contributed by atoms with Crippen LogP contribution in [0.2, 0.25) is 0 Å². The normalized spacial score (nSPS) is 26.4. The average molecular weight is 272 g/mol. The van der Waals surface area contributed by atoms with Crippen LogP contribution in [0.4, 0.5) is 0 Å². The fourth-order valence-corrected chi connectivity index (χ4v) is 3.71. The Kier molecular flexibility index (Phi) is 3.82. The van der Waals surface area contributed by atoms with Crippen molar-refractivity contribution in [2.45, 2.75) is 51.2 Å². The Hall–Kier alpha value is -1.31. The molecule has 20 heavy (non-hydrogen) atoms. The number of nitrogens with zero attached hydrogens (tertiary/aromatic N) is 3. The van der Waals surface area contributed by atoms with Gasteiger partial charge in [-0.25, -0.2) is 0 Å². The van der Waals surface area contributed by atoms with Crippen molar-refractivity contribution in [3.63, 3.8) is 0 Å². The second-order valence-electron chi connectivity index (χ2n) is 6.25. The van der Waals surface area contributed by atoms with E-state index in [2.05, 4.69) is 23.2 Å². The first-order chi connectivity index (χ1) is 9.69. The molecule has 1 N–H and O–H groups in total. The topological polar surface area (TPSA) is 44.0 Å². The fourth-order valence-electron chi connectivity index (χ4n) is 3.71. The lowest BCUT2D eigenvalue weighted by Gasteiger charge is -2.35. The molecule has 0 bridgehead atoms. The Morgan fingerprint density at radius 3 is 3.00 bits per heavy atom. The molecule has 1 aromatic heterocycles. The highest BCUT2D eigenvalue weighted by atomic mass is 15.2. The minimum Gasteiger partial charge on any atom is -0.340 e. The highest BCUT2D eigenvalue weighted by molar-refractivity contribution is 5.34. The van der Waals surface area contributed by atoms with Crippen molar-refractivity contribution in [2.24, 2.45) is 7.05 Å². The lowest BCUT2D eigenvalue weighted by molar-refractivity contribution is 0.166. The molecule has 4 heteroatoms. The van der Waals surface area contributed by atoms with Crippen molar-refractivity contribution in [1.29, 1.82) is 5.26 Å². The van der Waals surface area contributed by atoms with E-state index in [-0.39, 0.29) is 0 Å². The smallest absolute Gasteiger partial charge is 0.120 e. The second kappa shape index (κ2) is 5.59. The summed E-state index contributed by atoms with van der Waals surface area (Å²) in [5.41, 5.74) is 3.22. The first-order valence-electron chi connectivity index (χ1n) is 7.71. The zero-order chi connectivity index (χ0) is 14.1. The van der Waals surface area contributed by atoms with Gasteiger partial charge in [0.1, 0.15) is 11.8 Å². The third kappa shape index (κ3) is 2.48. The number of nitriles is 1. The molecule has 2 saturated heterocycles. The van der Waals surface area contributed by atoms with Gasteiger partial charge in [-0.2, -0.15) is 5.26 Å². The van der Waals surface area contributed by atoms with Crippen LogP contribution < -0.4 is 5.32 Å². The first-order valence-corrected chi connectivity index (χ1v) is 7.71. The van der Waals surface area contributed by atoms with E-state index in [0.717, 1.165) is 18.3 Å². The molecule has 0 radical (unpaired) electrons. The molecule has 0 amide bonds. The molecule has 0 aromatic carbocycles. The molecule has 3 rings (SSSR count). The second-order valence-corrected chi connectivity index (χ2v) is 6.25. The molecule has 0 aliphatic carbocycles. The van der Waals surface area contributed by atoms with Gasteiger partial charge in [-0.05, 0) is 57.3 Å². The number of hydrogen-bond acceptors (Lipinski definition) is 3. The Morgan fingerprint density at radius 1 is 1.40 bits per heavy atom. The van der Waals surface area contributed by atoms with E-state index in [4.69, 9.17) is 5.26 Å². The lowest BCUT2D eigenvalue weighted by atomic mass is 9.97. The van der Waals surface area contributed by atoms with E-state index < -0.39 is 0 Å². The molecule has 1 aromatic rings. The van der Waals surface area contributed by atoms with Crippen LogP contribution in [-0.2, 0) is 13.6 Å². The van der Waals surface area contributed by atoms with Gasteiger partial charge < -0.3 is 14.8 Å². The molecule has 2 atom stereocenters. The monoisotopic (exact) mass is 272 g/mol. The van der Waals surface area contributed by atoms with Gasteiger partial charge in [0.05, 0.1) is 0 Å². The molecule has 108 valence electrons. The van der Waals surface area contributed by atoms with E-state index in [9.17, 15) is 0 Å². The third-order valence-electron chi connectivity index (χ3n) is 5.16. The SMILES string of the molecule is Cc1c(CNC2CCN3CCCC3C2)cc(C#N)n1C. The van der Waals surface area contributed by atoms with E-state index >= 15 is 0 Å². The lowest BCUT2D eigenvalue weighted by Crippen LogP contribution is -2.45. The van der Waals surface area contributed by atoms with Crippen LogP contribution in [0.1, 0.15) is 42.6 Å². The summed E-state index contributed by atoms with van der Waals surface area (Å²) in [4.78, 5) is 2.65. The van der Waals surface area contributed by atoms with Crippen LogP contribution in [0.5, 0.6) is 0 Å². The predicted molar refractivity (Wildman–Crippen MR) is 79.3 cm³/mol. The largest absolute Gasteiger partial charge is 0.340 e. The number of fused-ring (bicyclic) bond motifs is 1. The van der Waals surface area contributed by atoms with Crippen molar-refractivity contribution >= 4 is 0 Å². The minimum absolute atomic E-state index is 0.638. The van der Waals surface area contributed by atoms with E-state index in [1.807, 2.05) is 17.7 Å². The zero-order valence-corrected chi connectivity index (χ0v) is 12.5. The van der Waals surface area contributed by atoms with Crippen LogP contribution in [0, 0.1) is 18.3 Å². The number of piperidine rings is 1. The number of rotatable bonds is 3. The van der Waals surface area contributed by atoms with Crippen LogP contribution in [0.3, 0.4) is 0 Å². The Morgan fingerprint density at radius 2 is 2.25 bits per heavy atom.